The van der Waals surface area contributed by atoms with E-state index in [9.17, 15) is 10.1 Å². The summed E-state index contributed by atoms with van der Waals surface area (Å²) in [5, 5.41) is 10.9. The van der Waals surface area contributed by atoms with Crippen LogP contribution < -0.4 is 0 Å². The Balaban J connectivity index is 3.18. The van der Waals surface area contributed by atoms with Gasteiger partial charge in [0.1, 0.15) is 0 Å². The van der Waals surface area contributed by atoms with E-state index < -0.39 is 4.92 Å². The van der Waals surface area contributed by atoms with Crippen molar-refractivity contribution in [1.29, 1.82) is 0 Å². The molecule has 0 aromatic carbocycles. The Bertz CT molecular complexity index is 349. The van der Waals surface area contributed by atoms with E-state index in [2.05, 4.69) is 17.6 Å². The lowest BCUT2D eigenvalue weighted by Crippen LogP contribution is -2.02. The van der Waals surface area contributed by atoms with Crippen LogP contribution in [0.25, 0.3) is 0 Å². The molecule has 0 aliphatic heterocycles. The standard InChI is InChI=1S/C8H13N3O2S/c1-3-5-10-6(4-2)9-7(8(10)14)11(12)13/h14H,3-5H2,1-2H3. The molecule has 78 valence electrons. The first-order valence-corrected chi connectivity index (χ1v) is 4.99. The second kappa shape index (κ2) is 4.45. The predicted octanol–water partition coefficient (Wildman–Crippen LogP) is 2.05. The minimum Gasteiger partial charge on any atom is -0.358 e. The Hall–Kier alpha value is -1.04. The Kier molecular flexibility index (Phi) is 3.51. The van der Waals surface area contributed by atoms with Crippen molar-refractivity contribution in [2.24, 2.45) is 0 Å². The molecule has 1 heterocycles. The molecule has 0 saturated carbocycles. The normalized spacial score (nSPS) is 10.5. The Morgan fingerprint density at radius 1 is 1.57 bits per heavy atom. The molecular weight excluding hydrogens is 202 g/mol. The van der Waals surface area contributed by atoms with E-state index in [0.717, 1.165) is 18.8 Å². The van der Waals surface area contributed by atoms with E-state index in [1.54, 1.807) is 4.57 Å². The van der Waals surface area contributed by atoms with Crippen LogP contribution in [0.15, 0.2) is 5.03 Å². The fourth-order valence-electron chi connectivity index (χ4n) is 1.33. The van der Waals surface area contributed by atoms with Crippen LogP contribution in [0.5, 0.6) is 0 Å². The number of rotatable bonds is 4. The Morgan fingerprint density at radius 3 is 2.64 bits per heavy atom. The quantitative estimate of drug-likeness (QED) is 0.475. The Morgan fingerprint density at radius 2 is 2.21 bits per heavy atom. The van der Waals surface area contributed by atoms with Gasteiger partial charge in [-0.3, -0.25) is 4.57 Å². The zero-order chi connectivity index (χ0) is 10.7. The van der Waals surface area contributed by atoms with Crippen LogP contribution in [0.3, 0.4) is 0 Å². The van der Waals surface area contributed by atoms with Gasteiger partial charge in [0.25, 0.3) is 0 Å². The topological polar surface area (TPSA) is 61.0 Å². The molecule has 0 spiro atoms. The predicted molar refractivity (Wildman–Crippen MR) is 55.8 cm³/mol. The van der Waals surface area contributed by atoms with Gasteiger partial charge in [0.05, 0.1) is 0 Å². The maximum atomic E-state index is 10.6. The maximum absolute atomic E-state index is 10.6. The third-order valence-electron chi connectivity index (χ3n) is 1.94. The van der Waals surface area contributed by atoms with Gasteiger partial charge in [0.15, 0.2) is 5.03 Å². The van der Waals surface area contributed by atoms with Gasteiger partial charge >= 0.3 is 5.82 Å². The molecule has 6 heteroatoms. The fourth-order valence-corrected chi connectivity index (χ4v) is 1.67. The fraction of sp³-hybridized carbons (Fsp3) is 0.625. The molecule has 0 fully saturated rings. The SMILES string of the molecule is CCCn1c(CC)nc([N+](=O)[O-])c1S. The van der Waals surface area contributed by atoms with Gasteiger partial charge in [-0.25, -0.2) is 0 Å². The summed E-state index contributed by atoms with van der Waals surface area (Å²) in [6, 6.07) is 0. The number of nitro groups is 1. The second-order valence-corrected chi connectivity index (χ2v) is 3.36. The smallest absolute Gasteiger partial charge is 0.358 e. The van der Waals surface area contributed by atoms with E-state index in [1.165, 1.54) is 0 Å². The first-order chi connectivity index (χ1) is 6.61. The van der Waals surface area contributed by atoms with Crippen molar-refractivity contribution in [3.63, 3.8) is 0 Å². The molecule has 0 radical (unpaired) electrons. The lowest BCUT2D eigenvalue weighted by Gasteiger charge is -2.01. The number of hydrogen-bond donors (Lipinski definition) is 1. The van der Waals surface area contributed by atoms with Gasteiger partial charge in [0.2, 0.25) is 5.82 Å². The van der Waals surface area contributed by atoms with Crippen molar-refractivity contribution in [2.75, 3.05) is 0 Å². The number of hydrogen-bond acceptors (Lipinski definition) is 4. The van der Waals surface area contributed by atoms with Crippen molar-refractivity contribution >= 4 is 18.4 Å². The monoisotopic (exact) mass is 215 g/mol. The summed E-state index contributed by atoms with van der Waals surface area (Å²) < 4.78 is 1.79. The van der Waals surface area contributed by atoms with Crippen LogP contribution in [-0.2, 0) is 13.0 Å². The second-order valence-electron chi connectivity index (χ2n) is 2.94. The molecule has 1 rings (SSSR count). The molecule has 0 unspecified atom stereocenters. The molecule has 0 aliphatic rings. The van der Waals surface area contributed by atoms with Gasteiger partial charge in [0, 0.05) is 13.0 Å². The number of imidazole rings is 1. The maximum Gasteiger partial charge on any atom is 0.395 e. The molecule has 0 N–H and O–H groups in total. The first kappa shape index (κ1) is 11.0. The van der Waals surface area contributed by atoms with E-state index in [0.29, 0.717) is 11.4 Å². The molecule has 0 amide bonds. The van der Waals surface area contributed by atoms with Crippen LogP contribution in [0.2, 0.25) is 0 Å². The zero-order valence-corrected chi connectivity index (χ0v) is 9.12. The highest BCUT2D eigenvalue weighted by molar-refractivity contribution is 7.80. The van der Waals surface area contributed by atoms with Crippen molar-refractivity contribution < 1.29 is 4.92 Å². The largest absolute Gasteiger partial charge is 0.395 e. The summed E-state index contributed by atoms with van der Waals surface area (Å²) in [6.07, 6.45) is 1.59. The third-order valence-corrected chi connectivity index (χ3v) is 2.38. The molecule has 0 atom stereocenters. The van der Waals surface area contributed by atoms with Crippen LogP contribution in [0, 0.1) is 10.1 Å². The third kappa shape index (κ3) is 1.89. The molecule has 1 aromatic rings. The molecule has 14 heavy (non-hydrogen) atoms. The number of aromatic nitrogens is 2. The average Bonchev–Trinajstić information content (AvgIpc) is 2.45. The van der Waals surface area contributed by atoms with Gasteiger partial charge < -0.3 is 10.1 Å². The average molecular weight is 215 g/mol. The highest BCUT2D eigenvalue weighted by Gasteiger charge is 2.23. The highest BCUT2D eigenvalue weighted by Crippen LogP contribution is 2.23. The van der Waals surface area contributed by atoms with Crippen LogP contribution >= 0.6 is 12.6 Å². The van der Waals surface area contributed by atoms with E-state index >= 15 is 0 Å². The van der Waals surface area contributed by atoms with Crippen LogP contribution in [0.1, 0.15) is 26.1 Å². The first-order valence-electron chi connectivity index (χ1n) is 4.54. The van der Waals surface area contributed by atoms with Gasteiger partial charge in [-0.1, -0.05) is 13.8 Å². The minimum absolute atomic E-state index is 0.140. The summed E-state index contributed by atoms with van der Waals surface area (Å²) in [5.41, 5.74) is 0. The van der Waals surface area contributed by atoms with Gasteiger partial charge in [-0.15, -0.1) is 12.6 Å². The number of thiol groups is 1. The Labute approximate surface area is 87.7 Å². The van der Waals surface area contributed by atoms with Gasteiger partial charge in [-0.05, 0) is 16.3 Å². The van der Waals surface area contributed by atoms with Gasteiger partial charge in [-0.2, -0.15) is 0 Å². The van der Waals surface area contributed by atoms with Crippen LogP contribution in [0.4, 0.5) is 5.82 Å². The van der Waals surface area contributed by atoms with E-state index in [-0.39, 0.29) is 5.82 Å². The summed E-state index contributed by atoms with van der Waals surface area (Å²) in [7, 11) is 0. The van der Waals surface area contributed by atoms with Crippen molar-refractivity contribution in [3.05, 3.63) is 15.9 Å². The van der Waals surface area contributed by atoms with Crippen LogP contribution in [-0.4, -0.2) is 14.5 Å². The summed E-state index contributed by atoms with van der Waals surface area (Å²) in [6.45, 7) is 4.66. The lowest BCUT2D eigenvalue weighted by molar-refractivity contribution is -0.392. The van der Waals surface area contributed by atoms with E-state index in [4.69, 9.17) is 0 Å². The zero-order valence-electron chi connectivity index (χ0n) is 8.23. The summed E-state index contributed by atoms with van der Waals surface area (Å²) in [4.78, 5) is 14.0. The summed E-state index contributed by atoms with van der Waals surface area (Å²) >= 11 is 4.12. The lowest BCUT2D eigenvalue weighted by atomic mass is 10.4. The molecular formula is C8H13N3O2S. The molecule has 1 aromatic heterocycles. The van der Waals surface area contributed by atoms with Crippen molar-refractivity contribution in [1.82, 2.24) is 9.55 Å². The van der Waals surface area contributed by atoms with Crippen molar-refractivity contribution in [2.45, 2.75) is 38.3 Å². The molecule has 0 bridgehead atoms. The molecule has 0 saturated heterocycles. The molecule has 0 aliphatic carbocycles. The van der Waals surface area contributed by atoms with E-state index in [1.807, 2.05) is 13.8 Å². The highest BCUT2D eigenvalue weighted by atomic mass is 32.1. The number of aryl methyl sites for hydroxylation is 1. The summed E-state index contributed by atoms with van der Waals surface area (Å²) in [5.74, 6) is 0.585. The number of nitrogens with zero attached hydrogens (tertiary/aromatic N) is 3. The van der Waals surface area contributed by atoms with Crippen molar-refractivity contribution in [3.8, 4) is 0 Å². The minimum atomic E-state index is -0.492. The molecule has 5 nitrogen and oxygen atoms in total.